The van der Waals surface area contributed by atoms with Crippen LogP contribution < -0.4 is 0 Å². The van der Waals surface area contributed by atoms with Crippen molar-refractivity contribution in [3.05, 3.63) is 328 Å². The number of aromatic nitrogens is 6. The van der Waals surface area contributed by atoms with Crippen molar-refractivity contribution in [3.8, 4) is 56.7 Å². The Kier molecular flexibility index (Phi) is 12.7. The second-order valence-electron chi connectivity index (χ2n) is 25.9. The van der Waals surface area contributed by atoms with Crippen LogP contribution in [0.4, 0.5) is 0 Å². The summed E-state index contributed by atoms with van der Waals surface area (Å²) in [6, 6.07) is 117. The second-order valence-corrected chi connectivity index (χ2v) is 28.0. The van der Waals surface area contributed by atoms with Crippen LogP contribution in [0, 0.1) is 0 Å². The molecule has 0 fully saturated rings. The molecule has 0 atom stereocenters. The van der Waals surface area contributed by atoms with Crippen LogP contribution in [0.5, 0.6) is 0 Å². The van der Waals surface area contributed by atoms with Gasteiger partial charge in [-0.3, -0.25) is 0 Å². The number of nitrogens with zero attached hydrogens (tertiary/aromatic N) is 6. The van der Waals surface area contributed by atoms with Crippen molar-refractivity contribution >= 4 is 172 Å². The van der Waals surface area contributed by atoms with Gasteiger partial charge in [-0.25, -0.2) is 19.9 Å². The first-order valence-electron chi connectivity index (χ1n) is 33.8. The Hall–Kier alpha value is -12.7. The molecule has 0 amide bonds. The van der Waals surface area contributed by atoms with Gasteiger partial charge in [0.05, 0.1) is 44.5 Å². The Bertz CT molecular complexity index is 7180. The zero-order valence-corrected chi connectivity index (χ0v) is 55.3. The monoisotopic (exact) mass is 1310 g/mol. The molecular weight excluding hydrogens is 1250 g/mol. The summed E-state index contributed by atoms with van der Waals surface area (Å²) in [5.74, 6) is 1.43. The molecule has 6 aromatic heterocycles. The molecule has 22 aromatic rings. The van der Waals surface area contributed by atoms with E-state index in [2.05, 4.69) is 337 Å². The van der Waals surface area contributed by atoms with Crippen molar-refractivity contribution in [3.63, 3.8) is 0 Å². The van der Waals surface area contributed by atoms with E-state index < -0.39 is 0 Å². The third-order valence-corrected chi connectivity index (χ3v) is 22.7. The first-order valence-corrected chi connectivity index (χ1v) is 35.5. The van der Waals surface area contributed by atoms with Crippen LogP contribution in [0.1, 0.15) is 0 Å². The van der Waals surface area contributed by atoms with E-state index in [1.54, 1.807) is 0 Å². The predicted octanol–water partition coefficient (Wildman–Crippen LogP) is 25.5. The average Bonchev–Trinajstić information content (AvgIpc) is 1.54. The minimum Gasteiger partial charge on any atom is -0.309 e. The highest BCUT2D eigenvalue weighted by Gasteiger charge is 2.25. The molecule has 464 valence electrons. The minimum atomic E-state index is 0.714. The van der Waals surface area contributed by atoms with Gasteiger partial charge in [0.25, 0.3) is 0 Å². The molecule has 0 radical (unpaired) electrons. The van der Waals surface area contributed by atoms with Crippen molar-refractivity contribution in [1.82, 2.24) is 29.1 Å². The first kappa shape index (κ1) is 56.5. The Morgan fingerprint density at radius 1 is 0.240 bits per heavy atom. The van der Waals surface area contributed by atoms with E-state index in [0.29, 0.717) is 11.6 Å². The van der Waals surface area contributed by atoms with Gasteiger partial charge in [0.2, 0.25) is 0 Å². The molecular formula is C92H54N6S2. The molecule has 0 aliphatic carbocycles. The zero-order valence-electron chi connectivity index (χ0n) is 53.7. The van der Waals surface area contributed by atoms with E-state index in [0.717, 1.165) is 66.8 Å². The Labute approximate surface area is 580 Å². The van der Waals surface area contributed by atoms with Gasteiger partial charge < -0.3 is 9.13 Å². The lowest BCUT2D eigenvalue weighted by atomic mass is 9.99. The minimum absolute atomic E-state index is 0.714. The maximum atomic E-state index is 5.34. The molecule has 6 nitrogen and oxygen atoms in total. The normalized spacial score (nSPS) is 12.0. The van der Waals surface area contributed by atoms with Crippen LogP contribution >= 0.6 is 22.7 Å². The van der Waals surface area contributed by atoms with Crippen LogP contribution in [-0.2, 0) is 0 Å². The number of para-hydroxylation sites is 4. The fraction of sp³-hybridized carbons (Fsp3) is 0. The average molecular weight is 1310 g/mol. The van der Waals surface area contributed by atoms with Crippen LogP contribution in [0.3, 0.4) is 0 Å². The molecule has 0 saturated carbocycles. The van der Waals surface area contributed by atoms with E-state index in [4.69, 9.17) is 19.9 Å². The molecule has 22 rings (SSSR count). The van der Waals surface area contributed by atoms with Crippen molar-refractivity contribution in [1.29, 1.82) is 0 Å². The number of hydrogen-bond donors (Lipinski definition) is 0. The highest BCUT2D eigenvalue weighted by Crippen LogP contribution is 2.51. The lowest BCUT2D eigenvalue weighted by molar-refractivity contribution is 1.18. The van der Waals surface area contributed by atoms with Crippen LogP contribution in [0.15, 0.2) is 328 Å². The van der Waals surface area contributed by atoms with Crippen molar-refractivity contribution in [2.75, 3.05) is 0 Å². The largest absolute Gasteiger partial charge is 0.309 e. The fourth-order valence-electron chi connectivity index (χ4n) is 15.9. The summed E-state index contributed by atoms with van der Waals surface area (Å²) in [6.45, 7) is 0. The number of fused-ring (bicyclic) bond motifs is 24. The maximum absolute atomic E-state index is 5.34. The molecule has 0 saturated heterocycles. The number of rotatable bonds is 6. The SMILES string of the molecule is c1cc(-c2nc(-c3ccc4ccccc4c3)c3ccccc3n2)cc(-n2c3ccccc3c3c4ccccc4c4sc5ccccc5c4c32)c1.c1cc(-c2nc(-c3cccc4ccccc34)c3ccccc3n2)cc(-n2c3ccccc3c3c4ccccc4c4sc5ccccc5c4c32)c1. The summed E-state index contributed by atoms with van der Waals surface area (Å²) in [6.07, 6.45) is 0. The summed E-state index contributed by atoms with van der Waals surface area (Å²) in [5, 5.41) is 22.3. The molecule has 0 unspecified atom stereocenters. The van der Waals surface area contributed by atoms with Crippen LogP contribution in [0.25, 0.3) is 206 Å². The maximum Gasteiger partial charge on any atom is 0.160 e. The predicted molar refractivity (Wildman–Crippen MR) is 425 cm³/mol. The molecule has 6 heterocycles. The van der Waals surface area contributed by atoms with Gasteiger partial charge in [0.1, 0.15) is 0 Å². The van der Waals surface area contributed by atoms with Gasteiger partial charge in [-0.2, -0.15) is 0 Å². The first-order chi connectivity index (χ1) is 49.6. The summed E-state index contributed by atoms with van der Waals surface area (Å²) in [5.41, 5.74) is 14.9. The quantitative estimate of drug-likeness (QED) is 0.166. The van der Waals surface area contributed by atoms with Gasteiger partial charge in [0, 0.05) is 117 Å². The molecule has 16 aromatic carbocycles. The van der Waals surface area contributed by atoms with E-state index in [1.165, 1.54) is 127 Å². The van der Waals surface area contributed by atoms with E-state index in [1.807, 2.05) is 22.7 Å². The lowest BCUT2D eigenvalue weighted by Gasteiger charge is -2.14. The van der Waals surface area contributed by atoms with E-state index in [-0.39, 0.29) is 0 Å². The summed E-state index contributed by atoms with van der Waals surface area (Å²) < 4.78 is 10.2. The third kappa shape index (κ3) is 8.67. The third-order valence-electron chi connectivity index (χ3n) is 20.3. The van der Waals surface area contributed by atoms with Gasteiger partial charge in [-0.05, 0) is 99.0 Å². The standard InChI is InChI=1S/2C46H27N3S/c1-2-17-31-28(13-1)14-12-23-33(31)43-35-20-5-8-24-38(35)47-46(48-43)29-15-11-16-30(27-29)49-39-25-9-6-21-36(39)41-32-18-3-4-19-34(32)45-42(44(41)49)37-22-7-10-26-40(37)50-45;1-2-13-29-26-30(25-24-28(29)12-1)43-35-18-5-8-21-38(35)47-46(48-43)31-14-11-15-32(27-31)49-39-22-9-6-19-36(39)41-33-16-3-4-17-34(33)45-42(44(41)49)37-20-7-10-23-40(37)50-45/h2*1-27H. The van der Waals surface area contributed by atoms with Gasteiger partial charge >= 0.3 is 0 Å². The Balaban J connectivity index is 0.000000131. The van der Waals surface area contributed by atoms with Gasteiger partial charge in [-0.1, -0.05) is 261 Å². The molecule has 0 aliphatic heterocycles. The van der Waals surface area contributed by atoms with E-state index in [9.17, 15) is 0 Å². The molecule has 0 spiro atoms. The van der Waals surface area contributed by atoms with Crippen LogP contribution in [0.2, 0.25) is 0 Å². The molecule has 8 heteroatoms. The van der Waals surface area contributed by atoms with Crippen LogP contribution in [-0.4, -0.2) is 29.1 Å². The molecule has 100 heavy (non-hydrogen) atoms. The number of hydrogen-bond acceptors (Lipinski definition) is 6. The van der Waals surface area contributed by atoms with E-state index >= 15 is 0 Å². The highest BCUT2D eigenvalue weighted by atomic mass is 32.1. The van der Waals surface area contributed by atoms with Crippen molar-refractivity contribution < 1.29 is 0 Å². The fourth-order valence-corrected chi connectivity index (χ4v) is 18.4. The molecule has 0 aliphatic rings. The van der Waals surface area contributed by atoms with Gasteiger partial charge in [0.15, 0.2) is 11.6 Å². The summed E-state index contributed by atoms with van der Waals surface area (Å²) in [7, 11) is 0. The second kappa shape index (κ2) is 22.4. The Morgan fingerprint density at radius 3 is 1.21 bits per heavy atom. The van der Waals surface area contributed by atoms with Crippen molar-refractivity contribution in [2.45, 2.75) is 0 Å². The zero-order chi connectivity index (χ0) is 65.5. The summed E-state index contributed by atoms with van der Waals surface area (Å²) >= 11 is 3.78. The lowest BCUT2D eigenvalue weighted by Crippen LogP contribution is -1.98. The van der Waals surface area contributed by atoms with Gasteiger partial charge in [-0.15, -0.1) is 22.7 Å². The summed E-state index contributed by atoms with van der Waals surface area (Å²) in [4.78, 5) is 21.0. The topological polar surface area (TPSA) is 61.4 Å². The molecule has 0 N–H and O–H groups in total. The Morgan fingerprint density at radius 2 is 0.650 bits per heavy atom. The molecule has 0 bridgehead atoms. The highest BCUT2D eigenvalue weighted by molar-refractivity contribution is 7.27. The number of benzene rings is 16. The smallest absolute Gasteiger partial charge is 0.160 e. The number of thiophene rings is 2. The van der Waals surface area contributed by atoms with Crippen molar-refractivity contribution in [2.24, 2.45) is 0 Å².